The molecule has 1 fully saturated rings. The van der Waals surface area contributed by atoms with Crippen molar-refractivity contribution in [2.75, 3.05) is 19.6 Å². The first kappa shape index (κ1) is 16.7. The number of hydrogen-bond acceptors (Lipinski definition) is 3. The molecule has 0 spiro atoms. The third kappa shape index (κ3) is 4.39. The molecular weight excluding hydrogens is 352 g/mol. The highest BCUT2D eigenvalue weighted by Crippen LogP contribution is 2.21. The molecule has 0 aliphatic carbocycles. The van der Waals surface area contributed by atoms with Crippen LogP contribution in [0.5, 0.6) is 0 Å². The molecule has 1 heterocycles. The number of hydrogen-bond donors (Lipinski definition) is 1. The third-order valence-electron chi connectivity index (χ3n) is 3.72. The van der Waals surface area contributed by atoms with Gasteiger partial charge in [-0.15, -0.1) is 6.58 Å². The highest BCUT2D eigenvalue weighted by molar-refractivity contribution is 9.10. The Morgan fingerprint density at radius 3 is 2.67 bits per heavy atom. The number of sulfonamides is 1. The van der Waals surface area contributed by atoms with Crippen LogP contribution in [-0.2, 0) is 10.0 Å². The Morgan fingerprint density at radius 2 is 2.10 bits per heavy atom. The second kappa shape index (κ2) is 7.05. The van der Waals surface area contributed by atoms with E-state index < -0.39 is 10.0 Å². The third-order valence-corrected chi connectivity index (χ3v) is 5.90. The average Bonchev–Trinajstić information content (AvgIpc) is 2.40. The molecular formula is C15H21BrN2O2S. The molecule has 1 aliphatic rings. The van der Waals surface area contributed by atoms with Crippen LogP contribution in [0.4, 0.5) is 0 Å². The summed E-state index contributed by atoms with van der Waals surface area (Å²) < 4.78 is 28.7. The van der Waals surface area contributed by atoms with E-state index in [0.29, 0.717) is 4.90 Å². The van der Waals surface area contributed by atoms with Crippen LogP contribution >= 0.6 is 15.9 Å². The predicted molar refractivity (Wildman–Crippen MR) is 88.9 cm³/mol. The van der Waals surface area contributed by atoms with Gasteiger partial charge in [-0.1, -0.05) is 22.0 Å². The van der Waals surface area contributed by atoms with Crippen molar-refractivity contribution in [1.29, 1.82) is 0 Å². The van der Waals surface area contributed by atoms with E-state index >= 15 is 0 Å². The summed E-state index contributed by atoms with van der Waals surface area (Å²) in [5.41, 5.74) is 0.751. The Morgan fingerprint density at radius 1 is 1.43 bits per heavy atom. The first-order valence-electron chi connectivity index (χ1n) is 7.04. The van der Waals surface area contributed by atoms with Gasteiger partial charge < -0.3 is 0 Å². The monoisotopic (exact) mass is 372 g/mol. The highest BCUT2D eigenvalue weighted by Gasteiger charge is 2.25. The topological polar surface area (TPSA) is 49.4 Å². The van der Waals surface area contributed by atoms with Gasteiger partial charge in [-0.05, 0) is 56.6 Å². The maximum Gasteiger partial charge on any atom is 0.241 e. The summed E-state index contributed by atoms with van der Waals surface area (Å²) in [6.45, 7) is 8.21. The zero-order valence-electron chi connectivity index (χ0n) is 12.2. The van der Waals surface area contributed by atoms with Crippen molar-refractivity contribution in [1.82, 2.24) is 9.62 Å². The van der Waals surface area contributed by atoms with E-state index in [4.69, 9.17) is 0 Å². The molecule has 1 N–H and O–H groups in total. The van der Waals surface area contributed by atoms with Crippen molar-refractivity contribution in [3.8, 4) is 0 Å². The van der Waals surface area contributed by atoms with Gasteiger partial charge in [0.1, 0.15) is 0 Å². The van der Waals surface area contributed by atoms with Crippen molar-refractivity contribution in [3.05, 3.63) is 40.9 Å². The van der Waals surface area contributed by atoms with E-state index in [-0.39, 0.29) is 6.04 Å². The van der Waals surface area contributed by atoms with Crippen molar-refractivity contribution < 1.29 is 8.42 Å². The first-order chi connectivity index (χ1) is 9.92. The van der Waals surface area contributed by atoms with Crippen LogP contribution in [0.2, 0.25) is 0 Å². The fraction of sp³-hybridized carbons (Fsp3) is 0.467. The minimum atomic E-state index is -3.45. The number of likely N-dealkylation sites (tertiary alicyclic amines) is 1. The second-order valence-electron chi connectivity index (χ2n) is 5.39. The van der Waals surface area contributed by atoms with E-state index in [0.717, 1.165) is 42.5 Å². The summed E-state index contributed by atoms with van der Waals surface area (Å²) in [4.78, 5) is 2.64. The molecule has 1 saturated heterocycles. The van der Waals surface area contributed by atoms with E-state index in [1.54, 1.807) is 12.1 Å². The summed E-state index contributed by atoms with van der Waals surface area (Å²) in [6.07, 6.45) is 3.56. The van der Waals surface area contributed by atoms with Gasteiger partial charge in [0, 0.05) is 17.1 Å². The largest absolute Gasteiger partial charge is 0.300 e. The molecule has 116 valence electrons. The predicted octanol–water partition coefficient (Wildman–Crippen LogP) is 2.69. The molecule has 1 aromatic rings. The van der Waals surface area contributed by atoms with E-state index in [1.807, 2.05) is 19.1 Å². The Bertz CT molecular complexity index is 608. The molecule has 4 nitrogen and oxygen atoms in total. The lowest BCUT2D eigenvalue weighted by Gasteiger charge is -2.31. The number of rotatable bonds is 5. The van der Waals surface area contributed by atoms with Crippen molar-refractivity contribution in [3.63, 3.8) is 0 Å². The van der Waals surface area contributed by atoms with Crippen LogP contribution in [0.25, 0.3) is 0 Å². The molecule has 2 rings (SSSR count). The number of aryl methyl sites for hydroxylation is 1. The average molecular weight is 373 g/mol. The summed E-state index contributed by atoms with van der Waals surface area (Å²) >= 11 is 3.35. The minimum Gasteiger partial charge on any atom is -0.300 e. The Hall–Kier alpha value is -0.690. The van der Waals surface area contributed by atoms with Crippen LogP contribution in [0.3, 0.4) is 0 Å². The summed E-state index contributed by atoms with van der Waals surface area (Å²) in [5, 5.41) is 0. The quantitative estimate of drug-likeness (QED) is 0.808. The molecule has 6 heteroatoms. The lowest BCUT2D eigenvalue weighted by Crippen LogP contribution is -2.44. The van der Waals surface area contributed by atoms with Gasteiger partial charge in [0.05, 0.1) is 4.90 Å². The first-order valence-corrected chi connectivity index (χ1v) is 9.32. The van der Waals surface area contributed by atoms with Crippen LogP contribution in [0, 0.1) is 6.92 Å². The maximum absolute atomic E-state index is 12.5. The standard InChI is InChI=1S/C15H21BrN2O2S/c1-3-8-18-9-6-14(7-10-18)17-21(19,20)15-5-4-13(16)11-12(15)2/h3-5,11,14,17H,1,6-10H2,2H3. The summed E-state index contributed by atoms with van der Waals surface area (Å²) in [6, 6.07) is 5.24. The van der Waals surface area contributed by atoms with Crippen LogP contribution in [-0.4, -0.2) is 39.0 Å². The van der Waals surface area contributed by atoms with Crippen LogP contribution < -0.4 is 4.72 Å². The number of benzene rings is 1. The van der Waals surface area contributed by atoms with Crippen molar-refractivity contribution in [2.24, 2.45) is 0 Å². The van der Waals surface area contributed by atoms with E-state index in [9.17, 15) is 8.42 Å². The fourth-order valence-electron chi connectivity index (χ4n) is 2.61. The molecule has 0 amide bonds. The molecule has 0 saturated carbocycles. The smallest absolute Gasteiger partial charge is 0.241 e. The number of piperidine rings is 1. The molecule has 21 heavy (non-hydrogen) atoms. The molecule has 0 aromatic heterocycles. The van der Waals surface area contributed by atoms with Gasteiger partial charge in [-0.25, -0.2) is 13.1 Å². The van der Waals surface area contributed by atoms with Crippen LogP contribution in [0.1, 0.15) is 18.4 Å². The molecule has 1 aliphatic heterocycles. The molecule has 0 atom stereocenters. The van der Waals surface area contributed by atoms with E-state index in [1.165, 1.54) is 0 Å². The number of halogens is 1. The van der Waals surface area contributed by atoms with Gasteiger partial charge in [-0.3, -0.25) is 4.90 Å². The van der Waals surface area contributed by atoms with Gasteiger partial charge in [0.15, 0.2) is 0 Å². The maximum atomic E-state index is 12.5. The van der Waals surface area contributed by atoms with Gasteiger partial charge >= 0.3 is 0 Å². The van der Waals surface area contributed by atoms with Gasteiger partial charge in [0.25, 0.3) is 0 Å². The van der Waals surface area contributed by atoms with Crippen molar-refractivity contribution >= 4 is 26.0 Å². The van der Waals surface area contributed by atoms with Gasteiger partial charge in [0.2, 0.25) is 10.0 Å². The fourth-order valence-corrected chi connectivity index (χ4v) is 4.62. The lowest BCUT2D eigenvalue weighted by molar-refractivity contribution is 0.226. The zero-order valence-corrected chi connectivity index (χ0v) is 14.6. The highest BCUT2D eigenvalue weighted by atomic mass is 79.9. The zero-order chi connectivity index (χ0) is 15.5. The Kier molecular flexibility index (Phi) is 5.60. The Labute approximate surface area is 135 Å². The number of nitrogens with one attached hydrogen (secondary N) is 1. The second-order valence-corrected chi connectivity index (χ2v) is 7.99. The summed E-state index contributed by atoms with van der Waals surface area (Å²) in [7, 11) is -3.45. The molecule has 0 radical (unpaired) electrons. The van der Waals surface area contributed by atoms with Gasteiger partial charge in [-0.2, -0.15) is 0 Å². The Balaban J connectivity index is 2.03. The molecule has 1 aromatic carbocycles. The molecule has 0 bridgehead atoms. The molecule has 0 unspecified atom stereocenters. The SMILES string of the molecule is C=CCN1CCC(NS(=O)(=O)c2ccc(Br)cc2C)CC1. The number of nitrogens with zero attached hydrogens (tertiary/aromatic N) is 1. The van der Waals surface area contributed by atoms with Crippen molar-refractivity contribution in [2.45, 2.75) is 30.7 Å². The van der Waals surface area contributed by atoms with Crippen LogP contribution in [0.15, 0.2) is 40.2 Å². The van der Waals surface area contributed by atoms with E-state index in [2.05, 4.69) is 32.1 Å². The lowest BCUT2D eigenvalue weighted by atomic mass is 10.1. The summed E-state index contributed by atoms with van der Waals surface area (Å²) in [5.74, 6) is 0. The minimum absolute atomic E-state index is 0.0131. The normalized spacial score (nSPS) is 17.8.